The normalized spacial score (nSPS) is 10.2. The predicted molar refractivity (Wildman–Crippen MR) is 104 cm³/mol. The highest BCUT2D eigenvalue weighted by Crippen LogP contribution is 2.21. The minimum atomic E-state index is 0.610. The van der Waals surface area contributed by atoms with Crippen LogP contribution in [0.4, 0.5) is 5.69 Å². The third-order valence-corrected chi connectivity index (χ3v) is 3.95. The van der Waals surface area contributed by atoms with Crippen molar-refractivity contribution in [1.29, 1.82) is 0 Å². The number of anilines is 1. The fourth-order valence-corrected chi connectivity index (χ4v) is 2.59. The van der Waals surface area contributed by atoms with E-state index in [9.17, 15) is 0 Å². The Morgan fingerprint density at radius 3 is 2.77 bits per heavy atom. The van der Waals surface area contributed by atoms with Gasteiger partial charge < -0.3 is 10.1 Å². The molecule has 0 bridgehead atoms. The zero-order chi connectivity index (χ0) is 18.2. The molecule has 26 heavy (non-hydrogen) atoms. The molecule has 132 valence electrons. The van der Waals surface area contributed by atoms with Crippen LogP contribution in [0, 0.1) is 18.8 Å². The Hall–Kier alpha value is -3.10. The highest BCUT2D eigenvalue weighted by atomic mass is 16.5. The van der Waals surface area contributed by atoms with Gasteiger partial charge in [0.15, 0.2) is 0 Å². The molecule has 0 radical (unpaired) electrons. The molecule has 3 aromatic rings. The Labute approximate surface area is 154 Å². The molecule has 0 amide bonds. The monoisotopic (exact) mass is 346 g/mol. The van der Waals surface area contributed by atoms with Gasteiger partial charge in [0.05, 0.1) is 25.9 Å². The molecule has 0 atom stereocenters. The number of ether oxygens (including phenoxy) is 1. The van der Waals surface area contributed by atoms with Crippen LogP contribution in [0.3, 0.4) is 0 Å². The van der Waals surface area contributed by atoms with Gasteiger partial charge in [0, 0.05) is 23.9 Å². The van der Waals surface area contributed by atoms with Gasteiger partial charge >= 0.3 is 0 Å². The van der Waals surface area contributed by atoms with Crippen molar-refractivity contribution in [1.82, 2.24) is 15.0 Å². The van der Waals surface area contributed by atoms with E-state index in [1.165, 1.54) is 0 Å². The quantitative estimate of drug-likeness (QED) is 0.696. The van der Waals surface area contributed by atoms with Crippen LogP contribution in [0.15, 0.2) is 54.7 Å². The number of hydrogen-bond donors (Lipinski definition) is 1. The molecule has 1 heterocycles. The summed E-state index contributed by atoms with van der Waals surface area (Å²) in [5.41, 5.74) is 5.13. The molecule has 2 aromatic carbocycles. The molecular formula is C21H22N4O. The van der Waals surface area contributed by atoms with E-state index in [4.69, 9.17) is 4.74 Å². The third kappa shape index (κ3) is 4.71. The summed E-state index contributed by atoms with van der Waals surface area (Å²) in [4.78, 5) is 0. The predicted octanol–water partition coefficient (Wildman–Crippen LogP) is 3.36. The van der Waals surface area contributed by atoms with Crippen LogP contribution in [0.1, 0.15) is 11.1 Å². The largest absolute Gasteiger partial charge is 0.383 e. The minimum Gasteiger partial charge on any atom is -0.383 e. The van der Waals surface area contributed by atoms with Gasteiger partial charge in [-0.05, 0) is 36.8 Å². The fraction of sp³-hybridized carbons (Fsp3) is 0.238. The van der Waals surface area contributed by atoms with Crippen LogP contribution in [0.2, 0.25) is 0 Å². The van der Waals surface area contributed by atoms with E-state index in [0.717, 1.165) is 28.1 Å². The van der Waals surface area contributed by atoms with Gasteiger partial charge in [-0.2, -0.15) is 0 Å². The zero-order valence-corrected chi connectivity index (χ0v) is 15.1. The second-order valence-electron chi connectivity index (χ2n) is 5.91. The van der Waals surface area contributed by atoms with Gasteiger partial charge in [-0.25, -0.2) is 4.68 Å². The Morgan fingerprint density at radius 2 is 2.00 bits per heavy atom. The van der Waals surface area contributed by atoms with Crippen LogP contribution in [-0.4, -0.2) is 35.3 Å². The van der Waals surface area contributed by atoms with Crippen LogP contribution in [0.5, 0.6) is 0 Å². The summed E-state index contributed by atoms with van der Waals surface area (Å²) in [6, 6.07) is 16.2. The van der Waals surface area contributed by atoms with Gasteiger partial charge in [-0.15, -0.1) is 5.10 Å². The molecule has 5 heteroatoms. The maximum absolute atomic E-state index is 5.07. The lowest BCUT2D eigenvalue weighted by Crippen LogP contribution is -2.04. The van der Waals surface area contributed by atoms with E-state index >= 15 is 0 Å². The summed E-state index contributed by atoms with van der Waals surface area (Å²) in [6.07, 6.45) is 1.94. The highest BCUT2D eigenvalue weighted by Gasteiger charge is 2.07. The summed E-state index contributed by atoms with van der Waals surface area (Å²) < 4.78 is 6.86. The number of para-hydroxylation sites is 1. The van der Waals surface area contributed by atoms with E-state index in [1.807, 2.05) is 42.6 Å². The number of methoxy groups -OCH3 is 1. The molecule has 0 aliphatic heterocycles. The van der Waals surface area contributed by atoms with Gasteiger partial charge in [-0.3, -0.25) is 0 Å². The Balaban J connectivity index is 1.64. The molecule has 1 aromatic heterocycles. The Morgan fingerprint density at radius 1 is 1.15 bits per heavy atom. The van der Waals surface area contributed by atoms with E-state index in [0.29, 0.717) is 19.7 Å². The summed E-state index contributed by atoms with van der Waals surface area (Å²) in [5, 5.41) is 11.7. The van der Waals surface area contributed by atoms with Crippen LogP contribution in [0.25, 0.3) is 11.3 Å². The van der Waals surface area contributed by atoms with Crippen molar-refractivity contribution >= 4 is 5.69 Å². The van der Waals surface area contributed by atoms with Gasteiger partial charge in [-0.1, -0.05) is 41.3 Å². The van der Waals surface area contributed by atoms with E-state index in [2.05, 4.69) is 46.5 Å². The van der Waals surface area contributed by atoms with Crippen molar-refractivity contribution in [2.75, 3.05) is 25.6 Å². The van der Waals surface area contributed by atoms with E-state index in [1.54, 1.807) is 11.8 Å². The molecule has 0 spiro atoms. The lowest BCUT2D eigenvalue weighted by Gasteiger charge is -2.03. The molecular weight excluding hydrogens is 324 g/mol. The average molecular weight is 346 g/mol. The summed E-state index contributed by atoms with van der Waals surface area (Å²) in [7, 11) is 1.68. The van der Waals surface area contributed by atoms with Crippen molar-refractivity contribution in [2.45, 2.75) is 13.5 Å². The summed E-state index contributed by atoms with van der Waals surface area (Å²) in [6.45, 7) is 3.99. The minimum absolute atomic E-state index is 0.610. The number of hydrogen-bond acceptors (Lipinski definition) is 4. The van der Waals surface area contributed by atoms with Crippen molar-refractivity contribution in [3.05, 3.63) is 65.9 Å². The first-order valence-corrected chi connectivity index (χ1v) is 8.54. The molecule has 0 fully saturated rings. The van der Waals surface area contributed by atoms with Gasteiger partial charge in [0.25, 0.3) is 0 Å². The maximum Gasteiger partial charge on any atom is 0.113 e. The van der Waals surface area contributed by atoms with Gasteiger partial charge in [0.2, 0.25) is 0 Å². The zero-order valence-electron chi connectivity index (χ0n) is 15.1. The lowest BCUT2D eigenvalue weighted by molar-refractivity contribution is 0.183. The first-order chi connectivity index (χ1) is 12.8. The van der Waals surface area contributed by atoms with Gasteiger partial charge in [0.1, 0.15) is 5.69 Å². The van der Waals surface area contributed by atoms with Crippen molar-refractivity contribution in [2.24, 2.45) is 0 Å². The summed E-state index contributed by atoms with van der Waals surface area (Å²) in [5.74, 6) is 6.35. The standard InChI is InChI=1S/C21H22N4O/c1-17-15-18(7-6-12-22-19-8-4-3-5-9-19)10-11-20(17)21-16-25(24-23-21)13-14-26-2/h3-5,8-11,15-16,22H,12-14H2,1-2H3. The Bertz CT molecular complexity index is 907. The molecule has 3 rings (SSSR count). The maximum atomic E-state index is 5.07. The lowest BCUT2D eigenvalue weighted by atomic mass is 10.0. The molecule has 0 saturated heterocycles. The first-order valence-electron chi connectivity index (χ1n) is 8.54. The van der Waals surface area contributed by atoms with Crippen LogP contribution >= 0.6 is 0 Å². The highest BCUT2D eigenvalue weighted by molar-refractivity contribution is 5.64. The third-order valence-electron chi connectivity index (χ3n) is 3.95. The van der Waals surface area contributed by atoms with Crippen LogP contribution < -0.4 is 5.32 Å². The number of nitrogens with one attached hydrogen (secondary N) is 1. The van der Waals surface area contributed by atoms with Crippen LogP contribution in [-0.2, 0) is 11.3 Å². The second kappa shape index (κ2) is 8.84. The fourth-order valence-electron chi connectivity index (χ4n) is 2.59. The number of rotatable bonds is 6. The van der Waals surface area contributed by atoms with Crippen molar-refractivity contribution < 1.29 is 4.74 Å². The Kier molecular flexibility index (Phi) is 6.02. The van der Waals surface area contributed by atoms with E-state index < -0.39 is 0 Å². The molecule has 0 unspecified atom stereocenters. The number of benzene rings is 2. The first kappa shape index (κ1) is 17.7. The van der Waals surface area contributed by atoms with E-state index in [-0.39, 0.29) is 0 Å². The summed E-state index contributed by atoms with van der Waals surface area (Å²) >= 11 is 0. The van der Waals surface area contributed by atoms with Crippen molar-refractivity contribution in [3.63, 3.8) is 0 Å². The molecule has 5 nitrogen and oxygen atoms in total. The number of nitrogens with zero attached hydrogens (tertiary/aromatic N) is 3. The number of aromatic nitrogens is 3. The average Bonchev–Trinajstić information content (AvgIpc) is 3.13. The SMILES string of the molecule is COCCn1cc(-c2ccc(C#CCNc3ccccc3)cc2C)nn1. The molecule has 0 aliphatic rings. The number of aryl methyl sites for hydroxylation is 1. The molecule has 0 aliphatic carbocycles. The second-order valence-corrected chi connectivity index (χ2v) is 5.91. The smallest absolute Gasteiger partial charge is 0.113 e. The van der Waals surface area contributed by atoms with Crippen molar-refractivity contribution in [3.8, 4) is 23.1 Å². The topological polar surface area (TPSA) is 52.0 Å². The molecule has 0 saturated carbocycles. The molecule has 1 N–H and O–H groups in total.